The van der Waals surface area contributed by atoms with Crippen molar-refractivity contribution < 1.29 is 17.9 Å². The Hall–Kier alpha value is -0.620. The minimum atomic E-state index is -3.33. The van der Waals surface area contributed by atoms with E-state index < -0.39 is 21.0 Å². The van der Waals surface area contributed by atoms with E-state index in [1.807, 2.05) is 6.92 Å². The predicted molar refractivity (Wildman–Crippen MR) is 88.0 cm³/mol. The van der Waals surface area contributed by atoms with Gasteiger partial charge in [0.05, 0.1) is 11.7 Å². The number of carbonyl (C=O) groups is 1. The Morgan fingerprint density at radius 1 is 1.18 bits per heavy atom. The van der Waals surface area contributed by atoms with E-state index in [2.05, 4.69) is 25.5 Å². The summed E-state index contributed by atoms with van der Waals surface area (Å²) in [6.45, 7) is 10.0. The van der Waals surface area contributed by atoms with Crippen molar-refractivity contribution in [2.45, 2.75) is 72.3 Å². The first-order valence-corrected chi connectivity index (χ1v) is 9.92. The van der Waals surface area contributed by atoms with Crippen LogP contribution in [0.1, 0.15) is 66.7 Å². The van der Waals surface area contributed by atoms with Crippen molar-refractivity contribution in [1.82, 2.24) is 4.72 Å². The molecule has 1 rings (SSSR count). The van der Waals surface area contributed by atoms with Crippen LogP contribution in [0.25, 0.3) is 0 Å². The highest BCUT2D eigenvalue weighted by Crippen LogP contribution is 2.47. The van der Waals surface area contributed by atoms with E-state index in [4.69, 9.17) is 4.74 Å². The zero-order chi connectivity index (χ0) is 17.2. The summed E-state index contributed by atoms with van der Waals surface area (Å²) < 4.78 is 31.1. The third kappa shape index (κ3) is 4.44. The third-order valence-electron chi connectivity index (χ3n) is 5.06. The largest absolute Gasteiger partial charge is 0.458 e. The minimum absolute atomic E-state index is 0.0708. The molecule has 5 nitrogen and oxygen atoms in total. The maximum absolute atomic E-state index is 12.8. The minimum Gasteiger partial charge on any atom is -0.458 e. The smallest absolute Gasteiger partial charge is 0.313 e. The Morgan fingerprint density at radius 2 is 1.68 bits per heavy atom. The summed E-state index contributed by atoms with van der Waals surface area (Å²) in [6, 6.07) is 0. The molecule has 1 N–H and O–H groups in total. The molecule has 1 aliphatic rings. The number of esters is 1. The zero-order valence-electron chi connectivity index (χ0n) is 14.8. The summed E-state index contributed by atoms with van der Waals surface area (Å²) in [4.78, 5) is 12.8. The maximum atomic E-state index is 12.8. The van der Waals surface area contributed by atoms with Crippen molar-refractivity contribution in [3.8, 4) is 0 Å². The molecule has 0 saturated heterocycles. The first-order valence-electron chi connectivity index (χ1n) is 8.03. The topological polar surface area (TPSA) is 72.5 Å². The average molecular weight is 333 g/mol. The Balaban J connectivity index is 2.92. The number of sulfonamides is 1. The van der Waals surface area contributed by atoms with Gasteiger partial charge in [-0.1, -0.05) is 27.7 Å². The average Bonchev–Trinajstić information content (AvgIpc) is 2.84. The van der Waals surface area contributed by atoms with Gasteiger partial charge in [-0.15, -0.1) is 0 Å². The number of ether oxygens (including phenoxy) is 1. The van der Waals surface area contributed by atoms with Crippen LogP contribution in [0.15, 0.2) is 0 Å². The Bertz CT molecular complexity index is 501. The lowest BCUT2D eigenvalue weighted by molar-refractivity contribution is -0.183. The van der Waals surface area contributed by atoms with Crippen LogP contribution in [-0.2, 0) is 19.6 Å². The highest BCUT2D eigenvalue weighted by Gasteiger charge is 2.49. The molecule has 0 heterocycles. The molecule has 0 radical (unpaired) electrons. The lowest BCUT2D eigenvalue weighted by Gasteiger charge is -2.43. The van der Waals surface area contributed by atoms with Gasteiger partial charge in [-0.25, -0.2) is 13.1 Å². The van der Waals surface area contributed by atoms with Crippen molar-refractivity contribution in [3.63, 3.8) is 0 Å². The normalized spacial score (nSPS) is 21.4. The Labute approximate surface area is 135 Å². The van der Waals surface area contributed by atoms with Gasteiger partial charge in [-0.3, -0.25) is 4.79 Å². The van der Waals surface area contributed by atoms with Crippen molar-refractivity contribution >= 4 is 16.0 Å². The number of carbonyl (C=O) groups excluding carboxylic acids is 1. The van der Waals surface area contributed by atoms with E-state index in [0.29, 0.717) is 6.42 Å². The Kier molecular flexibility index (Phi) is 5.72. The van der Waals surface area contributed by atoms with E-state index in [-0.39, 0.29) is 17.9 Å². The van der Waals surface area contributed by atoms with Crippen molar-refractivity contribution in [2.75, 3.05) is 12.8 Å². The van der Waals surface area contributed by atoms with Gasteiger partial charge in [0.25, 0.3) is 0 Å². The van der Waals surface area contributed by atoms with Crippen LogP contribution in [0.5, 0.6) is 0 Å². The fourth-order valence-electron chi connectivity index (χ4n) is 2.88. The van der Waals surface area contributed by atoms with E-state index in [1.165, 1.54) is 0 Å². The molecular formula is C16H31NO4S. The van der Waals surface area contributed by atoms with E-state index >= 15 is 0 Å². The lowest BCUT2D eigenvalue weighted by atomic mass is 9.74. The summed E-state index contributed by atoms with van der Waals surface area (Å²) in [5.74, 6) is -0.303. The number of nitrogens with one attached hydrogen (secondary N) is 1. The SMILES string of the molecule is CCC(C)(CNS(C)(=O)=O)C(=O)OC1(C(C)(C)C)CCCC1. The van der Waals surface area contributed by atoms with E-state index in [1.54, 1.807) is 6.92 Å². The van der Waals surface area contributed by atoms with Crippen molar-refractivity contribution in [2.24, 2.45) is 10.8 Å². The molecule has 0 aromatic rings. The lowest BCUT2D eigenvalue weighted by Crippen LogP contribution is -2.49. The molecule has 1 atom stereocenters. The molecule has 1 unspecified atom stereocenters. The molecule has 1 aliphatic carbocycles. The summed E-state index contributed by atoms with van der Waals surface area (Å²) in [5, 5.41) is 0. The highest BCUT2D eigenvalue weighted by atomic mass is 32.2. The van der Waals surface area contributed by atoms with Gasteiger partial charge < -0.3 is 4.74 Å². The maximum Gasteiger partial charge on any atom is 0.313 e. The Morgan fingerprint density at radius 3 is 2.05 bits per heavy atom. The second-order valence-corrected chi connectivity index (χ2v) is 9.68. The summed E-state index contributed by atoms with van der Waals surface area (Å²) >= 11 is 0. The number of hydrogen-bond donors (Lipinski definition) is 1. The van der Waals surface area contributed by atoms with Crippen LogP contribution < -0.4 is 4.72 Å². The molecule has 1 fully saturated rings. The molecular weight excluding hydrogens is 302 g/mol. The predicted octanol–water partition coefficient (Wildman–Crippen LogP) is 2.85. The standard InChI is InChI=1S/C16H31NO4S/c1-7-15(5,12-17-22(6,19)20)13(18)21-16(14(2,3)4)10-8-9-11-16/h17H,7-12H2,1-6H3. The van der Waals surface area contributed by atoms with E-state index in [9.17, 15) is 13.2 Å². The number of rotatable bonds is 6. The molecule has 0 spiro atoms. The van der Waals surface area contributed by atoms with Crippen molar-refractivity contribution in [1.29, 1.82) is 0 Å². The molecule has 6 heteroatoms. The second kappa shape index (κ2) is 6.48. The summed E-state index contributed by atoms with van der Waals surface area (Å²) in [6.07, 6.45) is 5.50. The van der Waals surface area contributed by atoms with Gasteiger partial charge in [-0.2, -0.15) is 0 Å². The summed E-state index contributed by atoms with van der Waals surface area (Å²) in [7, 11) is -3.33. The first kappa shape index (κ1) is 19.4. The van der Waals surface area contributed by atoms with Gasteiger partial charge >= 0.3 is 5.97 Å². The van der Waals surface area contributed by atoms with Crippen LogP contribution >= 0.6 is 0 Å². The summed E-state index contributed by atoms with van der Waals surface area (Å²) in [5.41, 5.74) is -1.41. The van der Waals surface area contributed by atoms with Gasteiger partial charge in [0, 0.05) is 12.0 Å². The van der Waals surface area contributed by atoms with Crippen LogP contribution in [0, 0.1) is 10.8 Å². The van der Waals surface area contributed by atoms with Crippen LogP contribution in [0.4, 0.5) is 0 Å². The molecule has 130 valence electrons. The monoisotopic (exact) mass is 333 g/mol. The fraction of sp³-hybridized carbons (Fsp3) is 0.938. The first-order chi connectivity index (χ1) is 9.85. The van der Waals surface area contributed by atoms with Crippen LogP contribution in [0.2, 0.25) is 0 Å². The van der Waals surface area contributed by atoms with Gasteiger partial charge in [-0.05, 0) is 39.0 Å². The molecule has 1 saturated carbocycles. The molecule has 22 heavy (non-hydrogen) atoms. The zero-order valence-corrected chi connectivity index (χ0v) is 15.6. The second-order valence-electron chi connectivity index (χ2n) is 7.85. The molecule has 0 aromatic heterocycles. The van der Waals surface area contributed by atoms with Crippen molar-refractivity contribution in [3.05, 3.63) is 0 Å². The number of hydrogen-bond acceptors (Lipinski definition) is 4. The molecule has 0 aromatic carbocycles. The third-order valence-corrected chi connectivity index (χ3v) is 5.73. The van der Waals surface area contributed by atoms with E-state index in [0.717, 1.165) is 31.9 Å². The quantitative estimate of drug-likeness (QED) is 0.759. The van der Waals surface area contributed by atoms with Crippen LogP contribution in [-0.4, -0.2) is 32.8 Å². The molecule has 0 aliphatic heterocycles. The fourth-order valence-corrected chi connectivity index (χ4v) is 3.46. The van der Waals surface area contributed by atoms with Gasteiger partial charge in [0.2, 0.25) is 10.0 Å². The molecule has 0 bridgehead atoms. The van der Waals surface area contributed by atoms with Crippen LogP contribution in [0.3, 0.4) is 0 Å². The highest BCUT2D eigenvalue weighted by molar-refractivity contribution is 7.88. The van der Waals surface area contributed by atoms with Gasteiger partial charge in [0.15, 0.2) is 0 Å². The van der Waals surface area contributed by atoms with Gasteiger partial charge in [0.1, 0.15) is 5.60 Å². The molecule has 0 amide bonds.